The summed E-state index contributed by atoms with van der Waals surface area (Å²) in [5, 5.41) is 3.35. The van der Waals surface area contributed by atoms with E-state index in [9.17, 15) is 0 Å². The summed E-state index contributed by atoms with van der Waals surface area (Å²) in [6.07, 6.45) is 5.59. The number of aryl methyl sites for hydroxylation is 1. The van der Waals surface area contributed by atoms with Crippen LogP contribution in [0.15, 0.2) is 48.8 Å². The second kappa shape index (κ2) is 6.26. The molecule has 0 aliphatic rings. The Morgan fingerprint density at radius 3 is 2.65 bits per heavy atom. The largest absolute Gasteiger partial charge is 0.355 e. The van der Waals surface area contributed by atoms with E-state index in [-0.39, 0.29) is 0 Å². The molecule has 0 saturated heterocycles. The molecule has 17 heavy (non-hydrogen) atoms. The van der Waals surface area contributed by atoms with Crippen LogP contribution in [0.3, 0.4) is 0 Å². The van der Waals surface area contributed by atoms with E-state index in [1.165, 1.54) is 5.56 Å². The first-order valence-electron chi connectivity index (χ1n) is 5.70. The molecule has 88 valence electrons. The third-order valence-corrected chi connectivity index (χ3v) is 2.76. The Bertz CT molecular complexity index is 457. The van der Waals surface area contributed by atoms with Gasteiger partial charge in [0.15, 0.2) is 0 Å². The molecule has 1 aromatic carbocycles. The molecule has 0 saturated carbocycles. The van der Waals surface area contributed by atoms with Gasteiger partial charge in [-0.25, -0.2) is 0 Å². The Hall–Kier alpha value is -1.54. The normalized spacial score (nSPS) is 10.2. The molecule has 0 bridgehead atoms. The molecule has 2 nitrogen and oxygen atoms in total. The maximum atomic E-state index is 5.70. The minimum absolute atomic E-state index is 0.710. The zero-order valence-corrected chi connectivity index (χ0v) is 10.3. The molecule has 0 amide bonds. The molecular weight excluding hydrogens is 232 g/mol. The Labute approximate surface area is 107 Å². The molecule has 2 rings (SSSR count). The highest BCUT2D eigenvalue weighted by Gasteiger charge is 1.97. The van der Waals surface area contributed by atoms with Gasteiger partial charge in [0.25, 0.3) is 0 Å². The minimum Gasteiger partial charge on any atom is -0.355 e. The summed E-state index contributed by atoms with van der Waals surface area (Å²) >= 11 is 5.70. The Morgan fingerprint density at radius 2 is 1.88 bits per heavy atom. The number of hydrogen-bond donors (Lipinski definition) is 1. The number of aromatic nitrogens is 1. The maximum Gasteiger partial charge on any atom is 0.0415 e. The van der Waals surface area contributed by atoms with Crippen LogP contribution in [0.25, 0.3) is 0 Å². The summed E-state index contributed by atoms with van der Waals surface area (Å²) in [5.41, 5.74) is 3.46. The van der Waals surface area contributed by atoms with Crippen molar-refractivity contribution in [3.05, 3.63) is 54.4 Å². The molecule has 1 N–H and O–H groups in total. The minimum atomic E-state index is 0.710. The molecule has 1 aromatic heterocycles. The van der Waals surface area contributed by atoms with Gasteiger partial charge in [-0.1, -0.05) is 12.1 Å². The van der Waals surface area contributed by atoms with Crippen LogP contribution in [0.4, 0.5) is 11.4 Å². The summed E-state index contributed by atoms with van der Waals surface area (Å²) in [7, 11) is 0. The Balaban J connectivity index is 2.06. The van der Waals surface area contributed by atoms with Gasteiger partial charge < -0.3 is 5.32 Å². The lowest BCUT2D eigenvalue weighted by Crippen LogP contribution is -1.92. The van der Waals surface area contributed by atoms with Crippen molar-refractivity contribution in [2.45, 2.75) is 12.8 Å². The Kier molecular flexibility index (Phi) is 4.39. The summed E-state index contributed by atoms with van der Waals surface area (Å²) in [6, 6.07) is 12.3. The van der Waals surface area contributed by atoms with Gasteiger partial charge in [0.05, 0.1) is 0 Å². The summed E-state index contributed by atoms with van der Waals surface area (Å²) < 4.78 is 0. The van der Waals surface area contributed by atoms with Gasteiger partial charge in [0, 0.05) is 29.6 Å². The van der Waals surface area contributed by atoms with Crippen LogP contribution >= 0.6 is 11.6 Å². The van der Waals surface area contributed by atoms with Crippen LogP contribution in [0.1, 0.15) is 12.0 Å². The molecule has 0 fully saturated rings. The Morgan fingerprint density at radius 1 is 1.06 bits per heavy atom. The third kappa shape index (κ3) is 3.75. The molecule has 0 aliphatic carbocycles. The highest BCUT2D eigenvalue weighted by atomic mass is 35.5. The molecule has 0 radical (unpaired) electrons. The zero-order chi connectivity index (χ0) is 11.9. The smallest absolute Gasteiger partial charge is 0.0415 e. The van der Waals surface area contributed by atoms with Crippen molar-refractivity contribution in [3.8, 4) is 0 Å². The van der Waals surface area contributed by atoms with Crippen molar-refractivity contribution in [2.75, 3.05) is 11.2 Å². The van der Waals surface area contributed by atoms with Gasteiger partial charge in [-0.2, -0.15) is 0 Å². The van der Waals surface area contributed by atoms with Crippen LogP contribution in [-0.4, -0.2) is 10.9 Å². The number of pyridine rings is 1. The fourth-order valence-corrected chi connectivity index (χ4v) is 1.81. The van der Waals surface area contributed by atoms with E-state index in [0.717, 1.165) is 24.2 Å². The average molecular weight is 247 g/mol. The fraction of sp³-hybridized carbons (Fsp3) is 0.214. The van der Waals surface area contributed by atoms with E-state index in [4.69, 9.17) is 11.6 Å². The number of halogens is 1. The van der Waals surface area contributed by atoms with Crippen LogP contribution in [-0.2, 0) is 6.42 Å². The van der Waals surface area contributed by atoms with Crippen LogP contribution in [0, 0.1) is 0 Å². The van der Waals surface area contributed by atoms with Crippen molar-refractivity contribution in [1.82, 2.24) is 4.98 Å². The predicted molar refractivity (Wildman–Crippen MR) is 73.0 cm³/mol. The number of rotatable bonds is 5. The topological polar surface area (TPSA) is 24.9 Å². The lowest BCUT2D eigenvalue weighted by molar-refractivity contribution is 0.929. The van der Waals surface area contributed by atoms with E-state index < -0.39 is 0 Å². The molecule has 2 aromatic rings. The van der Waals surface area contributed by atoms with Gasteiger partial charge in [-0.05, 0) is 42.7 Å². The molecule has 0 unspecified atom stereocenters. The summed E-state index contributed by atoms with van der Waals surface area (Å²) in [5.74, 6) is 0.710. The van der Waals surface area contributed by atoms with Gasteiger partial charge in [-0.15, -0.1) is 11.6 Å². The number of anilines is 2. The van der Waals surface area contributed by atoms with Gasteiger partial charge in [0.2, 0.25) is 0 Å². The standard InChI is InChI=1S/C14H15ClN2/c15-8-2-4-12-3-1-5-14(11-12)17-13-6-9-16-10-7-13/h1,3,5-7,9-11H,2,4,8H2,(H,16,17). The molecule has 3 heteroatoms. The lowest BCUT2D eigenvalue weighted by Gasteiger charge is -2.07. The zero-order valence-electron chi connectivity index (χ0n) is 9.57. The summed E-state index contributed by atoms with van der Waals surface area (Å²) in [4.78, 5) is 3.99. The van der Waals surface area contributed by atoms with Crippen molar-refractivity contribution < 1.29 is 0 Å². The fourth-order valence-electron chi connectivity index (χ4n) is 1.68. The first kappa shape index (κ1) is 11.9. The number of nitrogens with zero attached hydrogens (tertiary/aromatic N) is 1. The molecule has 0 spiro atoms. The van der Waals surface area contributed by atoms with Crippen LogP contribution < -0.4 is 5.32 Å². The predicted octanol–water partition coefficient (Wildman–Crippen LogP) is 4.00. The SMILES string of the molecule is ClCCCc1cccc(Nc2ccncc2)c1. The lowest BCUT2D eigenvalue weighted by atomic mass is 10.1. The molecule has 1 heterocycles. The summed E-state index contributed by atoms with van der Waals surface area (Å²) in [6.45, 7) is 0. The van der Waals surface area contributed by atoms with Gasteiger partial charge in [0.1, 0.15) is 0 Å². The highest BCUT2D eigenvalue weighted by molar-refractivity contribution is 6.17. The van der Waals surface area contributed by atoms with Crippen LogP contribution in [0.5, 0.6) is 0 Å². The molecular formula is C14H15ClN2. The quantitative estimate of drug-likeness (QED) is 0.807. The number of benzene rings is 1. The average Bonchev–Trinajstić information content (AvgIpc) is 2.38. The first-order chi connectivity index (χ1) is 8.38. The number of hydrogen-bond acceptors (Lipinski definition) is 2. The maximum absolute atomic E-state index is 5.70. The molecule has 0 atom stereocenters. The van der Waals surface area contributed by atoms with E-state index in [1.54, 1.807) is 12.4 Å². The second-order valence-corrected chi connectivity index (χ2v) is 4.23. The van der Waals surface area contributed by atoms with E-state index in [2.05, 4.69) is 34.6 Å². The van der Waals surface area contributed by atoms with E-state index in [1.807, 2.05) is 12.1 Å². The monoisotopic (exact) mass is 246 g/mol. The number of nitrogens with one attached hydrogen (secondary N) is 1. The number of alkyl halides is 1. The second-order valence-electron chi connectivity index (χ2n) is 3.85. The van der Waals surface area contributed by atoms with Crippen molar-refractivity contribution in [1.29, 1.82) is 0 Å². The van der Waals surface area contributed by atoms with Crippen molar-refractivity contribution in [3.63, 3.8) is 0 Å². The van der Waals surface area contributed by atoms with Crippen molar-refractivity contribution in [2.24, 2.45) is 0 Å². The van der Waals surface area contributed by atoms with Crippen molar-refractivity contribution >= 4 is 23.0 Å². The van der Waals surface area contributed by atoms with Crippen LogP contribution in [0.2, 0.25) is 0 Å². The first-order valence-corrected chi connectivity index (χ1v) is 6.24. The van der Waals surface area contributed by atoms with Gasteiger partial charge >= 0.3 is 0 Å². The van der Waals surface area contributed by atoms with E-state index in [0.29, 0.717) is 5.88 Å². The van der Waals surface area contributed by atoms with Gasteiger partial charge in [-0.3, -0.25) is 4.98 Å². The third-order valence-electron chi connectivity index (χ3n) is 2.50. The highest BCUT2D eigenvalue weighted by Crippen LogP contribution is 2.17. The molecule has 0 aliphatic heterocycles. The van der Waals surface area contributed by atoms with E-state index >= 15 is 0 Å².